The molecule has 0 fully saturated rings. The summed E-state index contributed by atoms with van der Waals surface area (Å²) in [5, 5.41) is 7.06. The fourth-order valence-corrected chi connectivity index (χ4v) is 1.96. The van der Waals surface area contributed by atoms with Crippen molar-refractivity contribution in [3.63, 3.8) is 0 Å². The lowest BCUT2D eigenvalue weighted by atomic mass is 10.3. The molecular weight excluding hydrogens is 270 g/mol. The molecule has 0 aliphatic heterocycles. The predicted octanol–water partition coefficient (Wildman–Crippen LogP) is 0.322. The lowest BCUT2D eigenvalue weighted by Gasteiger charge is -2.10. The van der Waals surface area contributed by atoms with E-state index in [9.17, 15) is 14.4 Å². The van der Waals surface area contributed by atoms with Crippen LogP contribution in [-0.4, -0.2) is 35.9 Å². The molecule has 1 heterocycles. The van der Waals surface area contributed by atoms with Crippen molar-refractivity contribution in [3.05, 3.63) is 11.1 Å². The molecule has 0 aliphatic carbocycles. The number of ether oxygens (including phenoxy) is 1. The first-order valence-electron chi connectivity index (χ1n) is 5.51. The maximum atomic E-state index is 11.7. The Kier molecular flexibility index (Phi) is 5.43. The van der Waals surface area contributed by atoms with E-state index in [0.717, 1.165) is 0 Å². The van der Waals surface area contributed by atoms with Crippen LogP contribution in [0.15, 0.2) is 5.38 Å². The number of nitrogens with zero attached hydrogens (tertiary/aromatic N) is 1. The molecule has 8 heteroatoms. The number of hydrogen-bond acceptors (Lipinski definition) is 6. The Bertz CT molecular complexity index is 486. The number of aromatic nitrogens is 1. The maximum Gasteiger partial charge on any atom is 0.311 e. The second kappa shape index (κ2) is 6.83. The van der Waals surface area contributed by atoms with Crippen molar-refractivity contribution in [2.24, 2.45) is 0 Å². The summed E-state index contributed by atoms with van der Waals surface area (Å²) in [4.78, 5) is 37.6. The zero-order valence-electron chi connectivity index (χ0n) is 10.9. The van der Waals surface area contributed by atoms with Gasteiger partial charge >= 0.3 is 5.97 Å². The minimum absolute atomic E-state index is 0.0596. The molecule has 1 atom stereocenters. The van der Waals surface area contributed by atoms with Crippen molar-refractivity contribution in [2.75, 3.05) is 12.4 Å². The number of anilines is 1. The van der Waals surface area contributed by atoms with E-state index in [1.165, 1.54) is 25.4 Å². The number of esters is 1. The highest BCUT2D eigenvalue weighted by molar-refractivity contribution is 7.13. The van der Waals surface area contributed by atoms with E-state index in [-0.39, 0.29) is 18.2 Å². The van der Waals surface area contributed by atoms with Gasteiger partial charge in [0.1, 0.15) is 6.04 Å². The number of hydrogen-bond donors (Lipinski definition) is 2. The Labute approximate surface area is 114 Å². The Morgan fingerprint density at radius 3 is 2.74 bits per heavy atom. The molecule has 19 heavy (non-hydrogen) atoms. The number of carbonyl (C=O) groups is 3. The van der Waals surface area contributed by atoms with Crippen LogP contribution < -0.4 is 10.6 Å². The number of rotatable bonds is 5. The first-order valence-corrected chi connectivity index (χ1v) is 6.39. The van der Waals surface area contributed by atoms with Gasteiger partial charge in [-0.2, -0.15) is 0 Å². The third-order valence-electron chi connectivity index (χ3n) is 2.15. The lowest BCUT2D eigenvalue weighted by Crippen LogP contribution is -2.40. The predicted molar refractivity (Wildman–Crippen MR) is 69.7 cm³/mol. The molecule has 1 aromatic rings. The minimum Gasteiger partial charge on any atom is -0.469 e. The fourth-order valence-electron chi connectivity index (χ4n) is 1.25. The molecule has 1 rings (SSSR count). The highest BCUT2D eigenvalue weighted by Crippen LogP contribution is 2.16. The van der Waals surface area contributed by atoms with Gasteiger partial charge < -0.3 is 15.4 Å². The third-order valence-corrected chi connectivity index (χ3v) is 2.95. The van der Waals surface area contributed by atoms with Crippen molar-refractivity contribution in [1.82, 2.24) is 10.3 Å². The van der Waals surface area contributed by atoms with Crippen LogP contribution in [0.3, 0.4) is 0 Å². The van der Waals surface area contributed by atoms with Crippen molar-refractivity contribution in [1.29, 1.82) is 0 Å². The van der Waals surface area contributed by atoms with Gasteiger partial charge in [-0.05, 0) is 6.92 Å². The number of nitrogens with one attached hydrogen (secondary N) is 2. The van der Waals surface area contributed by atoms with Crippen LogP contribution in [-0.2, 0) is 25.5 Å². The Morgan fingerprint density at radius 2 is 2.16 bits per heavy atom. The van der Waals surface area contributed by atoms with Crippen LogP contribution in [0.25, 0.3) is 0 Å². The van der Waals surface area contributed by atoms with Gasteiger partial charge in [0.05, 0.1) is 19.2 Å². The molecule has 0 aliphatic rings. The van der Waals surface area contributed by atoms with E-state index in [0.29, 0.717) is 10.8 Å². The smallest absolute Gasteiger partial charge is 0.311 e. The van der Waals surface area contributed by atoms with Crippen LogP contribution in [0.1, 0.15) is 19.5 Å². The topological polar surface area (TPSA) is 97.4 Å². The fraction of sp³-hybridized carbons (Fsp3) is 0.455. The highest BCUT2D eigenvalue weighted by atomic mass is 32.1. The summed E-state index contributed by atoms with van der Waals surface area (Å²) >= 11 is 1.20. The Hall–Kier alpha value is -1.96. The Morgan fingerprint density at radius 1 is 1.47 bits per heavy atom. The second-order valence-electron chi connectivity index (χ2n) is 3.81. The SMILES string of the molecule is COC(=O)Cc1csc(NC(=O)C(C)NC(C)=O)n1. The van der Waals surface area contributed by atoms with Crippen LogP contribution in [0.4, 0.5) is 5.13 Å². The summed E-state index contributed by atoms with van der Waals surface area (Å²) in [6.07, 6.45) is 0.0596. The van der Waals surface area contributed by atoms with Gasteiger partial charge in [0.15, 0.2) is 5.13 Å². The van der Waals surface area contributed by atoms with E-state index in [4.69, 9.17) is 0 Å². The molecule has 0 aromatic carbocycles. The molecule has 0 spiro atoms. The van der Waals surface area contributed by atoms with E-state index >= 15 is 0 Å². The van der Waals surface area contributed by atoms with E-state index < -0.39 is 12.0 Å². The first kappa shape index (κ1) is 15.1. The second-order valence-corrected chi connectivity index (χ2v) is 4.67. The lowest BCUT2D eigenvalue weighted by molar-refractivity contribution is -0.139. The minimum atomic E-state index is -0.648. The van der Waals surface area contributed by atoms with E-state index in [2.05, 4.69) is 20.4 Å². The molecule has 1 unspecified atom stereocenters. The third kappa shape index (κ3) is 5.04. The highest BCUT2D eigenvalue weighted by Gasteiger charge is 2.15. The van der Waals surface area contributed by atoms with Gasteiger partial charge in [-0.3, -0.25) is 14.4 Å². The molecule has 7 nitrogen and oxygen atoms in total. The number of amides is 2. The average Bonchev–Trinajstić information content (AvgIpc) is 2.75. The number of carbonyl (C=O) groups excluding carboxylic acids is 3. The van der Waals surface area contributed by atoms with Gasteiger partial charge in [0, 0.05) is 12.3 Å². The summed E-state index contributed by atoms with van der Waals surface area (Å²) in [5.74, 6) is -1.04. The monoisotopic (exact) mass is 285 g/mol. The summed E-state index contributed by atoms with van der Waals surface area (Å²) in [6, 6.07) is -0.648. The molecule has 2 amide bonds. The van der Waals surface area contributed by atoms with Gasteiger partial charge in [-0.15, -0.1) is 11.3 Å². The summed E-state index contributed by atoms with van der Waals surface area (Å²) in [5.41, 5.74) is 0.527. The molecule has 2 N–H and O–H groups in total. The molecule has 0 bridgehead atoms. The van der Waals surface area contributed by atoms with Crippen LogP contribution >= 0.6 is 11.3 Å². The number of methoxy groups -OCH3 is 1. The standard InChI is InChI=1S/C11H15N3O4S/c1-6(12-7(2)15)10(17)14-11-13-8(5-19-11)4-9(16)18-3/h5-6H,4H2,1-3H3,(H,12,15)(H,13,14,17). The molecule has 0 saturated heterocycles. The van der Waals surface area contributed by atoms with Crippen molar-refractivity contribution < 1.29 is 19.1 Å². The maximum absolute atomic E-state index is 11.7. The van der Waals surface area contributed by atoms with Crippen LogP contribution in [0, 0.1) is 0 Å². The molecular formula is C11H15N3O4S. The summed E-state index contributed by atoms with van der Waals surface area (Å²) in [7, 11) is 1.30. The average molecular weight is 285 g/mol. The zero-order valence-corrected chi connectivity index (χ0v) is 11.7. The van der Waals surface area contributed by atoms with Gasteiger partial charge in [0.25, 0.3) is 0 Å². The normalized spacial score (nSPS) is 11.5. The van der Waals surface area contributed by atoms with Crippen molar-refractivity contribution >= 4 is 34.3 Å². The number of thiazole rings is 1. The first-order chi connectivity index (χ1) is 8.92. The van der Waals surface area contributed by atoms with Crippen molar-refractivity contribution in [2.45, 2.75) is 26.3 Å². The molecule has 0 radical (unpaired) electrons. The van der Waals surface area contributed by atoms with E-state index in [1.807, 2.05) is 0 Å². The largest absolute Gasteiger partial charge is 0.469 e. The molecule has 104 valence electrons. The van der Waals surface area contributed by atoms with Gasteiger partial charge in [-0.1, -0.05) is 0 Å². The van der Waals surface area contributed by atoms with Crippen molar-refractivity contribution in [3.8, 4) is 0 Å². The molecule has 0 saturated carbocycles. The summed E-state index contributed by atoms with van der Waals surface area (Å²) < 4.78 is 4.52. The summed E-state index contributed by atoms with van der Waals surface area (Å²) in [6.45, 7) is 2.90. The van der Waals surface area contributed by atoms with Crippen LogP contribution in [0.2, 0.25) is 0 Å². The van der Waals surface area contributed by atoms with Crippen LogP contribution in [0.5, 0.6) is 0 Å². The van der Waals surface area contributed by atoms with E-state index in [1.54, 1.807) is 12.3 Å². The molecule has 1 aromatic heterocycles. The van der Waals surface area contributed by atoms with Gasteiger partial charge in [-0.25, -0.2) is 4.98 Å². The quantitative estimate of drug-likeness (QED) is 0.759. The van der Waals surface area contributed by atoms with Gasteiger partial charge in [0.2, 0.25) is 11.8 Å². The zero-order chi connectivity index (χ0) is 14.4. The Balaban J connectivity index is 2.55.